The van der Waals surface area contributed by atoms with Crippen LogP contribution >= 0.6 is 11.6 Å². The molecule has 0 atom stereocenters. The largest absolute Gasteiger partial charge is 0.433 e. The monoisotopic (exact) mass is 300 g/mol. The Hall–Kier alpha value is -2.66. The van der Waals surface area contributed by atoms with Gasteiger partial charge in [0.25, 0.3) is 0 Å². The number of aromatic nitrogens is 1. The quantitative estimate of drug-likeness (QED) is 0.525. The molecule has 0 aliphatic carbocycles. The van der Waals surface area contributed by atoms with Gasteiger partial charge in [0.2, 0.25) is 0 Å². The lowest BCUT2D eigenvalue weighted by molar-refractivity contribution is -0.402. The molecule has 0 fully saturated rings. The molecule has 3 aromatic rings. The molecule has 2 heterocycles. The summed E-state index contributed by atoms with van der Waals surface area (Å²) in [5.74, 6) is 0.114. The fraction of sp³-hybridized carbons (Fsp3) is 0. The first-order chi connectivity index (χ1) is 10.1. The second kappa shape index (κ2) is 5.38. The zero-order chi connectivity index (χ0) is 14.8. The van der Waals surface area contributed by atoms with Crippen LogP contribution in [0.15, 0.2) is 46.9 Å². The zero-order valence-electron chi connectivity index (χ0n) is 10.7. The van der Waals surface area contributed by atoms with E-state index in [1.54, 1.807) is 18.2 Å². The summed E-state index contributed by atoms with van der Waals surface area (Å²) in [7, 11) is 0. The van der Waals surface area contributed by atoms with E-state index >= 15 is 0 Å². The van der Waals surface area contributed by atoms with Crippen molar-refractivity contribution in [3.8, 4) is 0 Å². The number of fused-ring (bicyclic) bond motifs is 1. The number of furan rings is 1. The first-order valence-electron chi connectivity index (χ1n) is 6.10. The van der Waals surface area contributed by atoms with Crippen LogP contribution in [0.25, 0.3) is 23.1 Å². The van der Waals surface area contributed by atoms with Gasteiger partial charge in [-0.3, -0.25) is 10.1 Å². The van der Waals surface area contributed by atoms with E-state index in [9.17, 15) is 10.1 Å². The van der Waals surface area contributed by atoms with Crippen LogP contribution in [0.2, 0.25) is 5.02 Å². The van der Waals surface area contributed by atoms with Crippen molar-refractivity contribution in [1.29, 1.82) is 0 Å². The second-order valence-electron chi connectivity index (χ2n) is 4.34. The van der Waals surface area contributed by atoms with Gasteiger partial charge in [0.15, 0.2) is 0 Å². The van der Waals surface area contributed by atoms with E-state index in [-0.39, 0.29) is 5.88 Å². The van der Waals surface area contributed by atoms with Crippen LogP contribution in [0.1, 0.15) is 11.5 Å². The van der Waals surface area contributed by atoms with Crippen LogP contribution in [0.5, 0.6) is 0 Å². The van der Waals surface area contributed by atoms with Crippen molar-refractivity contribution < 1.29 is 9.34 Å². The Labute approximate surface area is 124 Å². The van der Waals surface area contributed by atoms with E-state index in [1.165, 1.54) is 12.1 Å². The lowest BCUT2D eigenvalue weighted by atomic mass is 10.2. The number of hydrogen-bond donors (Lipinski definition) is 0. The number of hydrogen-bond acceptors (Lipinski definition) is 4. The molecule has 3 rings (SSSR count). The normalized spacial score (nSPS) is 11.3. The number of benzene rings is 1. The molecule has 0 N–H and O–H groups in total. The Balaban J connectivity index is 1.89. The number of pyridine rings is 1. The van der Waals surface area contributed by atoms with Gasteiger partial charge in [-0.15, -0.1) is 0 Å². The molecule has 0 saturated carbocycles. The highest BCUT2D eigenvalue weighted by atomic mass is 35.5. The molecule has 0 amide bonds. The van der Waals surface area contributed by atoms with Crippen molar-refractivity contribution >= 4 is 40.5 Å². The minimum Gasteiger partial charge on any atom is -0.401 e. The SMILES string of the molecule is O=[N+]([O-])c1ccc(C=Cc2ccc3ccc(Cl)cc3n2)o1. The van der Waals surface area contributed by atoms with E-state index in [0.717, 1.165) is 10.9 Å². The molecule has 0 saturated heterocycles. The fourth-order valence-corrected chi connectivity index (χ4v) is 2.06. The smallest absolute Gasteiger partial charge is 0.401 e. The van der Waals surface area contributed by atoms with Crippen molar-refractivity contribution in [1.82, 2.24) is 4.98 Å². The summed E-state index contributed by atoms with van der Waals surface area (Å²) in [4.78, 5) is 14.4. The highest BCUT2D eigenvalue weighted by molar-refractivity contribution is 6.31. The third-order valence-corrected chi connectivity index (χ3v) is 3.12. The van der Waals surface area contributed by atoms with Crippen molar-refractivity contribution in [3.05, 3.63) is 69.1 Å². The first kappa shape index (κ1) is 13.3. The molecular formula is C15H9ClN2O3. The van der Waals surface area contributed by atoms with E-state index in [1.807, 2.05) is 24.3 Å². The van der Waals surface area contributed by atoms with E-state index in [0.29, 0.717) is 16.5 Å². The predicted molar refractivity (Wildman–Crippen MR) is 81.0 cm³/mol. The van der Waals surface area contributed by atoms with Crippen LogP contribution in [-0.4, -0.2) is 9.91 Å². The molecule has 104 valence electrons. The molecule has 0 aliphatic rings. The molecule has 6 heteroatoms. The van der Waals surface area contributed by atoms with Gasteiger partial charge in [-0.05, 0) is 36.4 Å². The summed E-state index contributed by atoms with van der Waals surface area (Å²) >= 11 is 5.94. The van der Waals surface area contributed by atoms with Gasteiger partial charge in [-0.1, -0.05) is 23.7 Å². The van der Waals surface area contributed by atoms with Crippen molar-refractivity contribution in [2.24, 2.45) is 0 Å². The number of rotatable bonds is 3. The number of nitro groups is 1. The highest BCUT2D eigenvalue weighted by Gasteiger charge is 2.09. The molecule has 21 heavy (non-hydrogen) atoms. The molecule has 5 nitrogen and oxygen atoms in total. The van der Waals surface area contributed by atoms with Crippen LogP contribution in [0.3, 0.4) is 0 Å². The minimum atomic E-state index is -0.576. The Morgan fingerprint density at radius 2 is 1.95 bits per heavy atom. The van der Waals surface area contributed by atoms with Gasteiger partial charge in [0, 0.05) is 10.4 Å². The maximum Gasteiger partial charge on any atom is 0.433 e. The molecule has 0 unspecified atom stereocenters. The number of halogens is 1. The van der Waals surface area contributed by atoms with E-state index in [4.69, 9.17) is 16.0 Å². The van der Waals surface area contributed by atoms with Crippen LogP contribution in [-0.2, 0) is 0 Å². The van der Waals surface area contributed by atoms with Crippen molar-refractivity contribution in [2.75, 3.05) is 0 Å². The third kappa shape index (κ3) is 2.93. The standard InChI is InChI=1S/C15H9ClN2O3/c16-11-3-1-10-2-4-12(17-14(10)9-11)5-6-13-7-8-15(21-13)18(19)20/h1-9H. The Bertz CT molecular complexity index is 855. The summed E-state index contributed by atoms with van der Waals surface area (Å²) in [6, 6.07) is 12.1. The van der Waals surface area contributed by atoms with Gasteiger partial charge in [0.1, 0.15) is 10.7 Å². The summed E-state index contributed by atoms with van der Waals surface area (Å²) in [5, 5.41) is 12.1. The van der Waals surface area contributed by atoms with Crippen molar-refractivity contribution in [2.45, 2.75) is 0 Å². The lowest BCUT2D eigenvalue weighted by Gasteiger charge is -1.99. The van der Waals surface area contributed by atoms with Crippen LogP contribution < -0.4 is 0 Å². The van der Waals surface area contributed by atoms with Gasteiger partial charge in [-0.2, -0.15) is 0 Å². The zero-order valence-corrected chi connectivity index (χ0v) is 11.4. The Morgan fingerprint density at radius 3 is 2.71 bits per heavy atom. The predicted octanol–water partition coefficient (Wildman–Crippen LogP) is 4.56. The minimum absolute atomic E-state index is 0.284. The topological polar surface area (TPSA) is 69.2 Å². The molecule has 0 aliphatic heterocycles. The van der Waals surface area contributed by atoms with E-state index in [2.05, 4.69) is 4.98 Å². The molecule has 1 aromatic carbocycles. The summed E-state index contributed by atoms with van der Waals surface area (Å²) in [5.41, 5.74) is 1.50. The fourth-order valence-electron chi connectivity index (χ4n) is 1.90. The van der Waals surface area contributed by atoms with Gasteiger partial charge >= 0.3 is 5.88 Å². The first-order valence-corrected chi connectivity index (χ1v) is 6.48. The second-order valence-corrected chi connectivity index (χ2v) is 4.78. The van der Waals surface area contributed by atoms with E-state index < -0.39 is 4.92 Å². The lowest BCUT2D eigenvalue weighted by Crippen LogP contribution is -1.83. The average Bonchev–Trinajstić information content (AvgIpc) is 2.93. The molecule has 0 spiro atoms. The number of nitrogens with zero attached hydrogens (tertiary/aromatic N) is 2. The Morgan fingerprint density at radius 1 is 1.14 bits per heavy atom. The Kier molecular flexibility index (Phi) is 3.41. The van der Waals surface area contributed by atoms with Crippen LogP contribution in [0, 0.1) is 10.1 Å². The molecule has 0 radical (unpaired) electrons. The summed E-state index contributed by atoms with van der Waals surface area (Å²) < 4.78 is 5.04. The summed E-state index contributed by atoms with van der Waals surface area (Å²) in [6.45, 7) is 0. The van der Waals surface area contributed by atoms with Crippen molar-refractivity contribution in [3.63, 3.8) is 0 Å². The molecule has 2 aromatic heterocycles. The van der Waals surface area contributed by atoms with Gasteiger partial charge < -0.3 is 4.42 Å². The van der Waals surface area contributed by atoms with Crippen LogP contribution in [0.4, 0.5) is 5.88 Å². The maximum atomic E-state index is 10.5. The molecule has 0 bridgehead atoms. The average molecular weight is 301 g/mol. The van der Waals surface area contributed by atoms with Gasteiger partial charge in [0.05, 0.1) is 17.3 Å². The summed E-state index contributed by atoms with van der Waals surface area (Å²) in [6.07, 6.45) is 3.36. The maximum absolute atomic E-state index is 10.5. The van der Waals surface area contributed by atoms with Gasteiger partial charge in [-0.25, -0.2) is 4.98 Å². The highest BCUT2D eigenvalue weighted by Crippen LogP contribution is 2.20. The molecular weight excluding hydrogens is 292 g/mol. The third-order valence-electron chi connectivity index (χ3n) is 2.89.